The lowest BCUT2D eigenvalue weighted by Crippen LogP contribution is -2.42. The molecular formula is C18H19ClN2O3. The van der Waals surface area contributed by atoms with Crippen molar-refractivity contribution in [3.8, 4) is 5.75 Å². The molecule has 0 heterocycles. The number of rotatable bonds is 6. The van der Waals surface area contributed by atoms with Gasteiger partial charge in [0.25, 0.3) is 5.91 Å². The number of hydrogen-bond acceptors (Lipinski definition) is 3. The first-order chi connectivity index (χ1) is 11.3. The summed E-state index contributed by atoms with van der Waals surface area (Å²) in [5, 5.41) is 3.39. The van der Waals surface area contributed by atoms with E-state index in [1.165, 1.54) is 0 Å². The number of anilines is 1. The molecule has 0 aliphatic carbocycles. The zero-order valence-corrected chi connectivity index (χ0v) is 14.3. The van der Waals surface area contributed by atoms with E-state index in [0.717, 1.165) is 5.56 Å². The number of amides is 2. The number of carbonyl (C=O) groups is 2. The second-order valence-electron chi connectivity index (χ2n) is 5.86. The third kappa shape index (κ3) is 4.99. The van der Waals surface area contributed by atoms with Crippen LogP contribution < -0.4 is 15.8 Å². The molecule has 6 heteroatoms. The highest BCUT2D eigenvalue weighted by molar-refractivity contribution is 6.30. The number of benzene rings is 2. The minimum Gasteiger partial charge on any atom is -0.478 e. The Morgan fingerprint density at radius 1 is 1.08 bits per heavy atom. The van der Waals surface area contributed by atoms with Gasteiger partial charge in [0.05, 0.1) is 6.42 Å². The van der Waals surface area contributed by atoms with Crippen LogP contribution in [0.2, 0.25) is 5.02 Å². The summed E-state index contributed by atoms with van der Waals surface area (Å²) in [6, 6.07) is 13.7. The van der Waals surface area contributed by atoms with Crippen molar-refractivity contribution in [2.24, 2.45) is 5.73 Å². The molecule has 2 aromatic rings. The van der Waals surface area contributed by atoms with E-state index in [1.807, 2.05) is 0 Å². The predicted molar refractivity (Wildman–Crippen MR) is 94.1 cm³/mol. The molecule has 3 N–H and O–H groups in total. The van der Waals surface area contributed by atoms with Crippen LogP contribution in [-0.4, -0.2) is 17.4 Å². The zero-order valence-electron chi connectivity index (χ0n) is 13.5. The highest BCUT2D eigenvalue weighted by Crippen LogP contribution is 2.22. The van der Waals surface area contributed by atoms with Gasteiger partial charge in [-0.05, 0) is 55.8 Å². The van der Waals surface area contributed by atoms with Gasteiger partial charge in [0.15, 0.2) is 5.60 Å². The topological polar surface area (TPSA) is 81.4 Å². The van der Waals surface area contributed by atoms with E-state index < -0.39 is 11.5 Å². The number of carbonyl (C=O) groups excluding carboxylic acids is 2. The molecule has 0 bridgehead atoms. The average molecular weight is 347 g/mol. The Hall–Kier alpha value is -2.53. The fourth-order valence-corrected chi connectivity index (χ4v) is 2.16. The van der Waals surface area contributed by atoms with Crippen molar-refractivity contribution in [1.82, 2.24) is 0 Å². The van der Waals surface area contributed by atoms with Gasteiger partial charge in [-0.15, -0.1) is 0 Å². The Balaban J connectivity index is 2.01. The summed E-state index contributed by atoms with van der Waals surface area (Å²) >= 11 is 5.83. The molecule has 0 atom stereocenters. The standard InChI is InChI=1S/C18H19ClN2O3/c1-18(2,24-15-9-5-13(19)6-10-15)17(23)21-14-7-3-12(4-8-14)11-16(20)22/h3-10H,11H2,1-2H3,(H2,20,22)(H,21,23). The molecule has 0 aromatic heterocycles. The molecule has 0 saturated heterocycles. The van der Waals surface area contributed by atoms with E-state index in [-0.39, 0.29) is 12.3 Å². The first-order valence-corrected chi connectivity index (χ1v) is 7.77. The van der Waals surface area contributed by atoms with E-state index in [9.17, 15) is 9.59 Å². The zero-order chi connectivity index (χ0) is 17.7. The maximum atomic E-state index is 12.4. The van der Waals surface area contributed by atoms with Gasteiger partial charge in [0.1, 0.15) is 5.75 Å². The SMILES string of the molecule is CC(C)(Oc1ccc(Cl)cc1)C(=O)Nc1ccc(CC(N)=O)cc1. The normalized spacial score (nSPS) is 11.0. The van der Waals surface area contributed by atoms with E-state index in [2.05, 4.69) is 5.32 Å². The van der Waals surface area contributed by atoms with Gasteiger partial charge in [-0.2, -0.15) is 0 Å². The van der Waals surface area contributed by atoms with E-state index in [0.29, 0.717) is 16.5 Å². The third-order valence-corrected chi connectivity index (χ3v) is 3.58. The molecule has 0 radical (unpaired) electrons. The number of halogens is 1. The average Bonchev–Trinajstić information content (AvgIpc) is 2.51. The van der Waals surface area contributed by atoms with Gasteiger partial charge in [-0.25, -0.2) is 0 Å². The molecular weight excluding hydrogens is 328 g/mol. The summed E-state index contributed by atoms with van der Waals surface area (Å²) in [5.74, 6) is -0.138. The van der Waals surface area contributed by atoms with Crippen LogP contribution >= 0.6 is 11.6 Å². The van der Waals surface area contributed by atoms with Crippen molar-refractivity contribution >= 4 is 29.1 Å². The molecule has 2 amide bonds. The fourth-order valence-electron chi connectivity index (χ4n) is 2.03. The molecule has 0 saturated carbocycles. The Labute approximate surface area is 145 Å². The van der Waals surface area contributed by atoms with Crippen molar-refractivity contribution in [2.45, 2.75) is 25.9 Å². The third-order valence-electron chi connectivity index (χ3n) is 3.32. The maximum Gasteiger partial charge on any atom is 0.267 e. The van der Waals surface area contributed by atoms with Crippen molar-refractivity contribution in [3.63, 3.8) is 0 Å². The van der Waals surface area contributed by atoms with Crippen molar-refractivity contribution in [2.75, 3.05) is 5.32 Å². The van der Waals surface area contributed by atoms with Gasteiger partial charge < -0.3 is 15.8 Å². The lowest BCUT2D eigenvalue weighted by atomic mass is 10.1. The number of ether oxygens (including phenoxy) is 1. The summed E-state index contributed by atoms with van der Waals surface area (Å²) in [5.41, 5.74) is 5.48. The van der Waals surface area contributed by atoms with Crippen LogP contribution in [0.15, 0.2) is 48.5 Å². The summed E-state index contributed by atoms with van der Waals surface area (Å²) in [7, 11) is 0. The summed E-state index contributed by atoms with van der Waals surface area (Å²) in [6.45, 7) is 3.36. The molecule has 0 fully saturated rings. The molecule has 0 aliphatic heterocycles. The fraction of sp³-hybridized carbons (Fsp3) is 0.222. The Morgan fingerprint density at radius 3 is 2.21 bits per heavy atom. The molecule has 2 aromatic carbocycles. The molecule has 2 rings (SSSR count). The lowest BCUT2D eigenvalue weighted by Gasteiger charge is -2.25. The number of primary amides is 1. The van der Waals surface area contributed by atoms with Crippen LogP contribution in [0.3, 0.4) is 0 Å². The Kier molecular flexibility index (Phi) is 5.46. The van der Waals surface area contributed by atoms with Crippen LogP contribution in [0, 0.1) is 0 Å². The second-order valence-corrected chi connectivity index (χ2v) is 6.30. The second kappa shape index (κ2) is 7.36. The van der Waals surface area contributed by atoms with E-state index in [1.54, 1.807) is 62.4 Å². The lowest BCUT2D eigenvalue weighted by molar-refractivity contribution is -0.128. The van der Waals surface area contributed by atoms with Crippen molar-refractivity contribution < 1.29 is 14.3 Å². The molecule has 0 unspecified atom stereocenters. The largest absolute Gasteiger partial charge is 0.478 e. The highest BCUT2D eigenvalue weighted by Gasteiger charge is 2.30. The van der Waals surface area contributed by atoms with Crippen LogP contribution in [0.5, 0.6) is 5.75 Å². The van der Waals surface area contributed by atoms with Crippen LogP contribution in [0.1, 0.15) is 19.4 Å². The van der Waals surface area contributed by atoms with E-state index in [4.69, 9.17) is 22.1 Å². The molecule has 5 nitrogen and oxygen atoms in total. The minimum atomic E-state index is -1.07. The smallest absolute Gasteiger partial charge is 0.267 e. The van der Waals surface area contributed by atoms with E-state index >= 15 is 0 Å². The molecule has 0 aliphatic rings. The molecule has 24 heavy (non-hydrogen) atoms. The quantitative estimate of drug-likeness (QED) is 0.842. The predicted octanol–water partition coefficient (Wildman–Crippen LogP) is 3.16. The van der Waals surface area contributed by atoms with Gasteiger partial charge in [-0.3, -0.25) is 9.59 Å². The Morgan fingerprint density at radius 2 is 1.67 bits per heavy atom. The summed E-state index contributed by atoms with van der Waals surface area (Å²) < 4.78 is 5.74. The number of nitrogens with one attached hydrogen (secondary N) is 1. The van der Waals surface area contributed by atoms with Gasteiger partial charge >= 0.3 is 0 Å². The number of nitrogens with two attached hydrogens (primary N) is 1. The number of hydrogen-bond donors (Lipinski definition) is 2. The maximum absolute atomic E-state index is 12.4. The van der Waals surface area contributed by atoms with Crippen molar-refractivity contribution in [1.29, 1.82) is 0 Å². The monoisotopic (exact) mass is 346 g/mol. The first-order valence-electron chi connectivity index (χ1n) is 7.39. The highest BCUT2D eigenvalue weighted by atomic mass is 35.5. The van der Waals surface area contributed by atoms with Crippen LogP contribution in [0.25, 0.3) is 0 Å². The summed E-state index contributed by atoms with van der Waals surface area (Å²) in [6.07, 6.45) is 0.166. The first kappa shape index (κ1) is 17.8. The molecule has 126 valence electrons. The van der Waals surface area contributed by atoms with Gasteiger partial charge in [-0.1, -0.05) is 23.7 Å². The Bertz CT molecular complexity index is 725. The van der Waals surface area contributed by atoms with Gasteiger partial charge in [0, 0.05) is 10.7 Å². The van der Waals surface area contributed by atoms with Crippen molar-refractivity contribution in [3.05, 3.63) is 59.1 Å². The van der Waals surface area contributed by atoms with Crippen LogP contribution in [0.4, 0.5) is 5.69 Å². The summed E-state index contributed by atoms with van der Waals surface area (Å²) in [4.78, 5) is 23.3. The van der Waals surface area contributed by atoms with Gasteiger partial charge in [0.2, 0.25) is 5.91 Å². The van der Waals surface area contributed by atoms with Crippen LogP contribution in [-0.2, 0) is 16.0 Å². The minimum absolute atomic E-state index is 0.166. The molecule has 0 spiro atoms.